The molecule has 0 aromatic heterocycles. The lowest BCUT2D eigenvalue weighted by molar-refractivity contribution is -0.245. The van der Waals surface area contributed by atoms with E-state index in [9.17, 15) is 61.2 Å². The lowest BCUT2D eigenvalue weighted by atomic mass is 10.1. The molecular weight excluding hydrogens is 672 g/mol. The van der Waals surface area contributed by atoms with Gasteiger partial charge in [0, 0.05) is 10.6 Å². The Bertz CT molecular complexity index is 1430. The minimum atomic E-state index is -7.23. The minimum absolute atomic E-state index is 0.0635. The fraction of sp³-hybridized carbons (Fsp3) is 0.600. The third kappa shape index (κ3) is 9.35. The molecule has 1 atom stereocenters. The van der Waals surface area contributed by atoms with Crippen molar-refractivity contribution < 1.29 is 74.8 Å². The summed E-state index contributed by atoms with van der Waals surface area (Å²) in [7, 11) is -19.3. The summed E-state index contributed by atoms with van der Waals surface area (Å²) in [5.41, 5.74) is 0. The maximum Gasteiger partial charge on any atom is 0.450 e. The number of thioether (sulfide) groups is 1. The number of hydrogen-bond donors (Lipinski definition) is 1. The van der Waals surface area contributed by atoms with Crippen molar-refractivity contribution in [1.82, 2.24) is 4.13 Å². The van der Waals surface area contributed by atoms with Gasteiger partial charge in [-0.25, -0.2) is 16.8 Å². The molecule has 42 heavy (non-hydrogen) atoms. The third-order valence-corrected chi connectivity index (χ3v) is 10.2. The highest BCUT2D eigenvalue weighted by Crippen LogP contribution is 2.51. The van der Waals surface area contributed by atoms with Gasteiger partial charge in [-0.2, -0.15) is 34.8 Å². The summed E-state index contributed by atoms with van der Waals surface area (Å²) in [4.78, 5) is 23.5. The van der Waals surface area contributed by atoms with E-state index in [1.807, 2.05) is 0 Å². The van der Waals surface area contributed by atoms with Crippen molar-refractivity contribution >= 4 is 53.9 Å². The van der Waals surface area contributed by atoms with Crippen LogP contribution in [0.5, 0.6) is 5.75 Å². The molecule has 0 heterocycles. The van der Waals surface area contributed by atoms with Crippen molar-refractivity contribution in [2.45, 2.75) is 48.0 Å². The molecule has 0 fully saturated rings. The Morgan fingerprint density at radius 1 is 0.905 bits per heavy atom. The standard InChI is InChI=1S/C20H25F6NO11S4/c1-4-13(2)17(29)37-11-10-36-16(28)9-12-39-15-7-5-14(6-8-15)38-42(34,35)20(25,26)18(21,22)19(23,24)41(32,33)27-40(3,30)31/h5-8,13,27H,4,9-12H2,1-3H3. The second-order valence-corrected chi connectivity index (χ2v) is 14.8. The molecular formula is C20H25F6NO11S4. The lowest BCUT2D eigenvalue weighted by Gasteiger charge is -2.30. The molecule has 1 aromatic carbocycles. The summed E-state index contributed by atoms with van der Waals surface area (Å²) in [6.45, 7) is 3.11. The number of halogens is 6. The molecule has 22 heteroatoms. The monoisotopic (exact) mass is 697 g/mol. The average Bonchev–Trinajstić information content (AvgIpc) is 2.84. The Labute approximate surface area is 241 Å². The molecule has 0 saturated carbocycles. The number of benzene rings is 1. The number of ether oxygens (including phenoxy) is 2. The van der Waals surface area contributed by atoms with Gasteiger partial charge in [0.05, 0.1) is 18.6 Å². The molecule has 0 saturated heterocycles. The summed E-state index contributed by atoms with van der Waals surface area (Å²) in [5, 5.41) is -13.8. The van der Waals surface area contributed by atoms with Gasteiger partial charge in [0.2, 0.25) is 10.0 Å². The van der Waals surface area contributed by atoms with Crippen LogP contribution < -0.4 is 8.31 Å². The van der Waals surface area contributed by atoms with Gasteiger partial charge in [-0.05, 0) is 30.7 Å². The second-order valence-electron chi connectivity index (χ2n) is 8.27. The highest BCUT2D eigenvalue weighted by Gasteiger charge is 2.83. The summed E-state index contributed by atoms with van der Waals surface area (Å²) < 4.78 is 166. The molecule has 0 bridgehead atoms. The largest absolute Gasteiger partial charge is 0.462 e. The maximum atomic E-state index is 14.2. The smallest absolute Gasteiger partial charge is 0.450 e. The van der Waals surface area contributed by atoms with E-state index in [1.54, 1.807) is 13.8 Å². The van der Waals surface area contributed by atoms with Crippen molar-refractivity contribution in [3.63, 3.8) is 0 Å². The Balaban J connectivity index is 2.81. The molecule has 1 rings (SSSR count). The van der Waals surface area contributed by atoms with Crippen LogP contribution in [-0.4, -0.2) is 78.8 Å². The number of carbonyl (C=O) groups excluding carboxylic acids is 2. The summed E-state index contributed by atoms with van der Waals surface area (Å²) in [5.74, 6) is -9.64. The molecule has 12 nitrogen and oxygen atoms in total. The van der Waals surface area contributed by atoms with Gasteiger partial charge in [0.1, 0.15) is 19.0 Å². The first-order valence-electron chi connectivity index (χ1n) is 11.3. The fourth-order valence-electron chi connectivity index (χ4n) is 2.45. The Hall–Kier alpha value is -2.30. The van der Waals surface area contributed by atoms with Crippen molar-refractivity contribution in [2.75, 3.05) is 25.2 Å². The van der Waals surface area contributed by atoms with Crippen molar-refractivity contribution in [3.05, 3.63) is 24.3 Å². The Kier molecular flexibility index (Phi) is 12.6. The van der Waals surface area contributed by atoms with Crippen LogP contribution in [-0.2, 0) is 49.2 Å². The van der Waals surface area contributed by atoms with Gasteiger partial charge in [-0.3, -0.25) is 9.59 Å². The maximum absolute atomic E-state index is 14.2. The van der Waals surface area contributed by atoms with E-state index >= 15 is 0 Å². The highest BCUT2D eigenvalue weighted by atomic mass is 32.3. The summed E-state index contributed by atoms with van der Waals surface area (Å²) in [6.07, 6.45) is 0.351. The van der Waals surface area contributed by atoms with Gasteiger partial charge in [0.15, 0.2) is 0 Å². The molecule has 1 aromatic rings. The van der Waals surface area contributed by atoms with Crippen LogP contribution in [0.4, 0.5) is 26.3 Å². The molecule has 0 aliphatic heterocycles. The van der Waals surface area contributed by atoms with Crippen molar-refractivity contribution in [1.29, 1.82) is 0 Å². The predicted octanol–water partition coefficient (Wildman–Crippen LogP) is 2.71. The molecule has 242 valence electrons. The second kappa shape index (κ2) is 14.0. The van der Waals surface area contributed by atoms with Crippen molar-refractivity contribution in [2.24, 2.45) is 5.92 Å². The van der Waals surface area contributed by atoms with Gasteiger partial charge < -0.3 is 13.7 Å². The van der Waals surface area contributed by atoms with Crippen LogP contribution >= 0.6 is 11.8 Å². The number of hydrogen-bond acceptors (Lipinski definition) is 12. The zero-order valence-corrected chi connectivity index (χ0v) is 25.1. The quantitative estimate of drug-likeness (QED) is 0.0830. The van der Waals surface area contributed by atoms with E-state index in [0.717, 1.165) is 23.9 Å². The molecule has 0 aliphatic rings. The number of rotatable bonds is 17. The molecule has 0 aliphatic carbocycles. The lowest BCUT2D eigenvalue weighted by Crippen LogP contribution is -2.63. The summed E-state index contributed by atoms with van der Waals surface area (Å²) in [6, 6.07) is 3.39. The zero-order chi connectivity index (χ0) is 32.8. The van der Waals surface area contributed by atoms with Crippen LogP contribution in [0.3, 0.4) is 0 Å². The predicted molar refractivity (Wildman–Crippen MR) is 134 cm³/mol. The van der Waals surface area contributed by atoms with E-state index in [-0.39, 0.29) is 46.6 Å². The molecule has 1 unspecified atom stereocenters. The van der Waals surface area contributed by atoms with Crippen LogP contribution in [0.25, 0.3) is 0 Å². The van der Waals surface area contributed by atoms with Gasteiger partial charge in [-0.1, -0.05) is 13.8 Å². The molecule has 0 amide bonds. The van der Waals surface area contributed by atoms with Crippen LogP contribution in [0, 0.1) is 5.92 Å². The molecule has 0 radical (unpaired) electrons. The van der Waals surface area contributed by atoms with E-state index in [0.29, 0.717) is 18.6 Å². The first-order chi connectivity index (χ1) is 18.9. The number of nitrogens with one attached hydrogen (secondary N) is 1. The summed E-state index contributed by atoms with van der Waals surface area (Å²) >= 11 is 0.965. The number of sulfonamides is 2. The Morgan fingerprint density at radius 2 is 1.43 bits per heavy atom. The third-order valence-electron chi connectivity index (χ3n) is 4.85. The normalized spacial score (nSPS) is 14.2. The highest BCUT2D eigenvalue weighted by molar-refractivity contribution is 8.05. The molecule has 0 spiro atoms. The number of esters is 2. The van der Waals surface area contributed by atoms with Crippen LogP contribution in [0.2, 0.25) is 0 Å². The Morgan fingerprint density at radius 3 is 1.93 bits per heavy atom. The minimum Gasteiger partial charge on any atom is -0.462 e. The van der Waals surface area contributed by atoms with Gasteiger partial charge in [-0.15, -0.1) is 15.9 Å². The first kappa shape index (κ1) is 37.7. The SMILES string of the molecule is CCC(C)C(=O)OCCOC(=O)CCSc1ccc(OS(=O)(=O)C(F)(F)C(F)(F)C(F)(F)S(=O)(=O)NS(C)(=O)=O)cc1. The van der Waals surface area contributed by atoms with E-state index in [1.165, 1.54) is 0 Å². The number of alkyl halides is 6. The van der Waals surface area contributed by atoms with Crippen LogP contribution in [0.1, 0.15) is 26.7 Å². The van der Waals surface area contributed by atoms with E-state index in [4.69, 9.17) is 9.47 Å². The number of carbonyl (C=O) groups is 2. The van der Waals surface area contributed by atoms with Crippen LogP contribution in [0.15, 0.2) is 29.2 Å². The zero-order valence-electron chi connectivity index (χ0n) is 21.8. The topological polar surface area (TPSA) is 176 Å². The van der Waals surface area contributed by atoms with Crippen molar-refractivity contribution in [3.8, 4) is 5.75 Å². The molecule has 1 N–H and O–H groups in total. The fourth-order valence-corrected chi connectivity index (χ4v) is 6.74. The van der Waals surface area contributed by atoms with E-state index < -0.39 is 64.3 Å². The van der Waals surface area contributed by atoms with Gasteiger partial charge in [0.25, 0.3) is 10.0 Å². The van der Waals surface area contributed by atoms with Gasteiger partial charge >= 0.3 is 38.5 Å². The average molecular weight is 698 g/mol. The first-order valence-corrected chi connectivity index (χ1v) is 17.0. The van der Waals surface area contributed by atoms with E-state index in [2.05, 4.69) is 4.18 Å².